The maximum Gasteiger partial charge on any atom is 0.321 e. The van der Waals surface area contributed by atoms with Crippen molar-refractivity contribution in [1.29, 1.82) is 0 Å². The summed E-state index contributed by atoms with van der Waals surface area (Å²) in [6.07, 6.45) is 0.596. The first-order valence-corrected chi connectivity index (χ1v) is 8.85. The average molecular weight is 354 g/mol. The fourth-order valence-electron chi connectivity index (χ4n) is 2.63. The van der Waals surface area contributed by atoms with Gasteiger partial charge in [-0.2, -0.15) is 0 Å². The Kier molecular flexibility index (Phi) is 7.36. The average Bonchev–Trinajstić information content (AvgIpc) is 2.62. The van der Waals surface area contributed by atoms with Crippen molar-refractivity contribution in [3.8, 4) is 0 Å². The minimum atomic E-state index is -1.02. The van der Waals surface area contributed by atoms with Crippen molar-refractivity contribution in [2.24, 2.45) is 0 Å². The monoisotopic (exact) mass is 354 g/mol. The zero-order chi connectivity index (χ0) is 18.9. The van der Waals surface area contributed by atoms with E-state index in [1.165, 1.54) is 5.56 Å². The van der Waals surface area contributed by atoms with Crippen LogP contribution in [0.25, 0.3) is 0 Å². The molecule has 138 valence electrons. The number of aliphatic carboxylic acids is 1. The molecule has 1 unspecified atom stereocenters. The Bertz CT molecular complexity index is 712. The molecule has 26 heavy (non-hydrogen) atoms. The molecule has 0 heterocycles. The van der Waals surface area contributed by atoms with Crippen LogP contribution in [-0.4, -0.2) is 29.6 Å². The summed E-state index contributed by atoms with van der Waals surface area (Å²) in [5.74, 6) is -0.921. The van der Waals surface area contributed by atoms with Gasteiger partial charge in [0, 0.05) is 5.69 Å². The topological polar surface area (TPSA) is 78.4 Å². The van der Waals surface area contributed by atoms with Crippen LogP contribution in [0, 0.1) is 0 Å². The zero-order valence-corrected chi connectivity index (χ0v) is 15.2. The Labute approximate surface area is 154 Å². The lowest BCUT2D eigenvalue weighted by Crippen LogP contribution is -2.40. The smallest absolute Gasteiger partial charge is 0.321 e. The fourth-order valence-corrected chi connectivity index (χ4v) is 2.63. The number of carboxylic acids is 1. The van der Waals surface area contributed by atoms with Gasteiger partial charge in [-0.25, -0.2) is 0 Å². The zero-order valence-electron chi connectivity index (χ0n) is 15.2. The van der Waals surface area contributed by atoms with Crippen LogP contribution in [0.15, 0.2) is 54.6 Å². The van der Waals surface area contributed by atoms with Crippen molar-refractivity contribution in [2.45, 2.75) is 38.6 Å². The van der Waals surface area contributed by atoms with Crippen molar-refractivity contribution in [1.82, 2.24) is 5.32 Å². The molecule has 0 spiro atoms. The molecule has 1 amide bonds. The molecule has 2 rings (SSSR count). The van der Waals surface area contributed by atoms with E-state index in [9.17, 15) is 14.7 Å². The summed E-state index contributed by atoms with van der Waals surface area (Å²) in [6, 6.07) is 16.5. The number of carbonyl (C=O) groups excluding carboxylic acids is 1. The van der Waals surface area contributed by atoms with E-state index in [2.05, 4.69) is 24.5 Å². The second kappa shape index (κ2) is 9.73. The second-order valence-electron chi connectivity index (χ2n) is 6.61. The maximum absolute atomic E-state index is 12.2. The molecule has 0 aromatic heterocycles. The largest absolute Gasteiger partial charge is 0.480 e. The van der Waals surface area contributed by atoms with Crippen molar-refractivity contribution in [3.63, 3.8) is 0 Å². The number of amides is 1. The van der Waals surface area contributed by atoms with Gasteiger partial charge in [-0.05, 0) is 42.1 Å². The first kappa shape index (κ1) is 19.7. The van der Waals surface area contributed by atoms with E-state index in [4.69, 9.17) is 0 Å². The summed E-state index contributed by atoms with van der Waals surface area (Å²) in [5, 5.41) is 15.0. The van der Waals surface area contributed by atoms with Crippen LogP contribution in [0.2, 0.25) is 0 Å². The molecule has 0 aliphatic heterocycles. The number of nitrogens with one attached hydrogen (secondary N) is 2. The minimum Gasteiger partial charge on any atom is -0.480 e. The van der Waals surface area contributed by atoms with E-state index < -0.39 is 12.0 Å². The lowest BCUT2D eigenvalue weighted by atomic mass is 10.0. The van der Waals surface area contributed by atoms with E-state index in [0.29, 0.717) is 24.6 Å². The van der Waals surface area contributed by atoms with Gasteiger partial charge in [-0.15, -0.1) is 0 Å². The highest BCUT2D eigenvalue weighted by Crippen LogP contribution is 2.17. The molecule has 0 aliphatic rings. The van der Waals surface area contributed by atoms with E-state index >= 15 is 0 Å². The number of carbonyl (C=O) groups is 2. The molecule has 0 bridgehead atoms. The molecule has 0 radical (unpaired) electrons. The third-order valence-electron chi connectivity index (χ3n) is 4.20. The maximum atomic E-state index is 12.2. The lowest BCUT2D eigenvalue weighted by Gasteiger charge is -2.15. The van der Waals surface area contributed by atoms with Crippen molar-refractivity contribution in [2.75, 3.05) is 11.9 Å². The molecule has 0 fully saturated rings. The third-order valence-corrected chi connectivity index (χ3v) is 4.20. The van der Waals surface area contributed by atoms with Gasteiger partial charge in [0.2, 0.25) is 5.91 Å². The van der Waals surface area contributed by atoms with Crippen LogP contribution in [-0.2, 0) is 16.0 Å². The molecule has 0 saturated heterocycles. The molecule has 0 saturated carbocycles. The Hall–Kier alpha value is -2.66. The van der Waals surface area contributed by atoms with Gasteiger partial charge in [0.05, 0.1) is 6.42 Å². The molecule has 2 aromatic rings. The fraction of sp³-hybridized carbons (Fsp3) is 0.333. The number of rotatable bonds is 9. The van der Waals surface area contributed by atoms with Gasteiger partial charge in [-0.3, -0.25) is 9.59 Å². The van der Waals surface area contributed by atoms with Gasteiger partial charge in [0.1, 0.15) is 6.04 Å². The van der Waals surface area contributed by atoms with Crippen molar-refractivity contribution < 1.29 is 14.7 Å². The van der Waals surface area contributed by atoms with Crippen molar-refractivity contribution >= 4 is 17.6 Å². The van der Waals surface area contributed by atoms with Gasteiger partial charge < -0.3 is 15.7 Å². The summed E-state index contributed by atoms with van der Waals surface area (Å²) in [5.41, 5.74) is 2.99. The Morgan fingerprint density at radius 2 is 1.65 bits per heavy atom. The van der Waals surface area contributed by atoms with Crippen LogP contribution in [0.4, 0.5) is 5.69 Å². The third kappa shape index (κ3) is 6.33. The highest BCUT2D eigenvalue weighted by atomic mass is 16.4. The van der Waals surface area contributed by atoms with Crippen LogP contribution in [0.5, 0.6) is 0 Å². The summed E-state index contributed by atoms with van der Waals surface area (Å²) in [6.45, 7) is 4.70. The standard InChI is InChI=1S/C21H26N2O3/c1-15(2)17-8-10-18(11-9-17)23-20(24)14-19(21(25)26)22-13-12-16-6-4-3-5-7-16/h3-11,15,19,22H,12-14H2,1-2H3,(H,23,24)(H,25,26). The number of hydrogen-bond donors (Lipinski definition) is 3. The highest BCUT2D eigenvalue weighted by Gasteiger charge is 2.20. The van der Waals surface area contributed by atoms with E-state index in [0.717, 1.165) is 5.56 Å². The molecule has 0 aliphatic carbocycles. The Morgan fingerprint density at radius 3 is 2.23 bits per heavy atom. The number of benzene rings is 2. The van der Waals surface area contributed by atoms with Crippen molar-refractivity contribution in [3.05, 3.63) is 65.7 Å². The first-order valence-electron chi connectivity index (χ1n) is 8.85. The lowest BCUT2D eigenvalue weighted by molar-refractivity contribution is -0.141. The van der Waals surface area contributed by atoms with Crippen LogP contribution in [0.3, 0.4) is 0 Å². The SMILES string of the molecule is CC(C)c1ccc(NC(=O)CC(NCCc2ccccc2)C(=O)O)cc1. The molecule has 2 aromatic carbocycles. The van der Waals surface area contributed by atoms with Gasteiger partial charge >= 0.3 is 5.97 Å². The number of anilines is 1. The van der Waals surface area contributed by atoms with E-state index in [1.54, 1.807) is 0 Å². The summed E-state index contributed by atoms with van der Waals surface area (Å²) in [7, 11) is 0. The minimum absolute atomic E-state index is 0.115. The van der Waals surface area contributed by atoms with E-state index in [1.807, 2.05) is 54.6 Å². The molecule has 5 nitrogen and oxygen atoms in total. The molecule has 3 N–H and O–H groups in total. The van der Waals surface area contributed by atoms with Gasteiger partial charge in [0.25, 0.3) is 0 Å². The van der Waals surface area contributed by atoms with Crippen LogP contribution in [0.1, 0.15) is 37.3 Å². The Morgan fingerprint density at radius 1 is 1.00 bits per heavy atom. The quantitative estimate of drug-likeness (QED) is 0.645. The summed E-state index contributed by atoms with van der Waals surface area (Å²) >= 11 is 0. The number of hydrogen-bond acceptors (Lipinski definition) is 3. The Balaban J connectivity index is 1.84. The molecule has 1 atom stereocenters. The predicted molar refractivity (Wildman–Crippen MR) is 103 cm³/mol. The predicted octanol–water partition coefficient (Wildman–Crippen LogP) is 3.42. The number of carboxylic acid groups (broad SMARTS) is 1. The molecular formula is C21H26N2O3. The summed E-state index contributed by atoms with van der Waals surface area (Å²) < 4.78 is 0. The summed E-state index contributed by atoms with van der Waals surface area (Å²) in [4.78, 5) is 23.6. The van der Waals surface area contributed by atoms with Gasteiger partial charge in [-0.1, -0.05) is 56.3 Å². The molecular weight excluding hydrogens is 328 g/mol. The normalized spacial score (nSPS) is 12.0. The van der Waals surface area contributed by atoms with Gasteiger partial charge in [0.15, 0.2) is 0 Å². The first-order chi connectivity index (χ1) is 12.5. The highest BCUT2D eigenvalue weighted by molar-refractivity contribution is 5.94. The molecule has 5 heteroatoms. The van der Waals surface area contributed by atoms with Crippen LogP contribution < -0.4 is 10.6 Å². The second-order valence-corrected chi connectivity index (χ2v) is 6.61. The van der Waals surface area contributed by atoms with Crippen LogP contribution >= 0.6 is 0 Å². The van der Waals surface area contributed by atoms with E-state index in [-0.39, 0.29) is 12.3 Å².